The van der Waals surface area contributed by atoms with Crippen LogP contribution in [0.1, 0.15) is 40.0 Å². The summed E-state index contributed by atoms with van der Waals surface area (Å²) in [5.41, 5.74) is 8.00. The molecule has 2 rings (SSSR count). The quantitative estimate of drug-likeness (QED) is 0.817. The molecule has 0 bridgehead atoms. The van der Waals surface area contributed by atoms with Crippen molar-refractivity contribution in [3.63, 3.8) is 0 Å². The molecule has 3 N–H and O–H groups in total. The van der Waals surface area contributed by atoms with Crippen molar-refractivity contribution >= 4 is 23.2 Å². The minimum atomic E-state index is -0.506. The maximum absolute atomic E-state index is 11.8. The maximum atomic E-state index is 11.8. The Hall–Kier alpha value is -1.91. The first-order valence-electron chi connectivity index (χ1n) is 7.50. The van der Waals surface area contributed by atoms with Crippen LogP contribution in [0.2, 0.25) is 0 Å². The number of nitrogens with two attached hydrogens (primary N) is 1. The molecular formula is C16H25N3O2. The highest BCUT2D eigenvalue weighted by molar-refractivity contribution is 5.87. The maximum Gasteiger partial charge on any atom is 0.412 e. The lowest BCUT2D eigenvalue weighted by Gasteiger charge is -2.30. The molecular weight excluding hydrogens is 266 g/mol. The number of carbonyl (C=O) groups excluding carboxylic acids is 1. The lowest BCUT2D eigenvalue weighted by atomic mass is 10.1. The van der Waals surface area contributed by atoms with Crippen molar-refractivity contribution in [3.8, 4) is 0 Å². The number of carbonyl (C=O) groups is 1. The van der Waals surface area contributed by atoms with Crippen molar-refractivity contribution < 1.29 is 9.53 Å². The molecule has 0 aliphatic carbocycles. The molecule has 116 valence electrons. The van der Waals surface area contributed by atoms with Gasteiger partial charge in [0.2, 0.25) is 0 Å². The third-order valence-corrected chi connectivity index (χ3v) is 3.37. The van der Waals surface area contributed by atoms with Gasteiger partial charge in [0, 0.05) is 18.8 Å². The predicted octanol–water partition coefficient (Wildman–Crippen LogP) is 3.61. The SMILES string of the molecule is CC(C)(C)OC(=O)Nc1ccc(N)c(N2CCCCC2)c1. The van der Waals surface area contributed by atoms with Crippen molar-refractivity contribution in [2.24, 2.45) is 0 Å². The second-order valence-corrected chi connectivity index (χ2v) is 6.45. The summed E-state index contributed by atoms with van der Waals surface area (Å²) in [4.78, 5) is 14.1. The van der Waals surface area contributed by atoms with Crippen LogP contribution in [0, 0.1) is 0 Å². The molecule has 0 radical (unpaired) electrons. The minimum absolute atomic E-state index is 0.447. The number of piperidine rings is 1. The Bertz CT molecular complexity index is 503. The molecule has 0 aromatic heterocycles. The molecule has 5 heteroatoms. The average molecular weight is 291 g/mol. The summed E-state index contributed by atoms with van der Waals surface area (Å²) in [7, 11) is 0. The van der Waals surface area contributed by atoms with Gasteiger partial charge in [0.05, 0.1) is 11.4 Å². The lowest BCUT2D eigenvalue weighted by Crippen LogP contribution is -2.30. The van der Waals surface area contributed by atoms with Gasteiger partial charge in [0.1, 0.15) is 5.60 Å². The van der Waals surface area contributed by atoms with Crippen LogP contribution in [0.4, 0.5) is 21.9 Å². The third-order valence-electron chi connectivity index (χ3n) is 3.37. The Labute approximate surface area is 126 Å². The van der Waals surface area contributed by atoms with E-state index in [0.717, 1.165) is 24.5 Å². The zero-order chi connectivity index (χ0) is 15.5. The number of anilines is 3. The number of rotatable bonds is 2. The fraction of sp³-hybridized carbons (Fsp3) is 0.562. The average Bonchev–Trinajstić information content (AvgIpc) is 2.40. The van der Waals surface area contributed by atoms with Crippen LogP contribution in [0.25, 0.3) is 0 Å². The second kappa shape index (κ2) is 6.24. The van der Waals surface area contributed by atoms with Gasteiger partial charge in [-0.2, -0.15) is 0 Å². The summed E-state index contributed by atoms with van der Waals surface area (Å²) in [6.45, 7) is 7.55. The molecule has 1 aliphatic rings. The van der Waals surface area contributed by atoms with Gasteiger partial charge in [0.25, 0.3) is 0 Å². The Morgan fingerprint density at radius 3 is 2.52 bits per heavy atom. The van der Waals surface area contributed by atoms with Gasteiger partial charge < -0.3 is 15.4 Å². The number of nitrogen functional groups attached to an aromatic ring is 1. The molecule has 0 saturated carbocycles. The number of hydrogen-bond donors (Lipinski definition) is 2. The lowest BCUT2D eigenvalue weighted by molar-refractivity contribution is 0.0636. The van der Waals surface area contributed by atoms with Crippen LogP contribution in [0.3, 0.4) is 0 Å². The summed E-state index contributed by atoms with van der Waals surface area (Å²) in [6, 6.07) is 5.55. The highest BCUT2D eigenvalue weighted by Gasteiger charge is 2.18. The molecule has 1 amide bonds. The molecule has 21 heavy (non-hydrogen) atoms. The van der Waals surface area contributed by atoms with E-state index >= 15 is 0 Å². The number of hydrogen-bond acceptors (Lipinski definition) is 4. The summed E-state index contributed by atoms with van der Waals surface area (Å²) < 4.78 is 5.26. The highest BCUT2D eigenvalue weighted by Crippen LogP contribution is 2.29. The van der Waals surface area contributed by atoms with E-state index in [1.807, 2.05) is 32.9 Å². The second-order valence-electron chi connectivity index (χ2n) is 6.45. The highest BCUT2D eigenvalue weighted by atomic mass is 16.6. The topological polar surface area (TPSA) is 67.6 Å². The van der Waals surface area contributed by atoms with Crippen LogP contribution in [0.15, 0.2) is 18.2 Å². The Balaban J connectivity index is 2.09. The van der Waals surface area contributed by atoms with Crippen LogP contribution in [-0.4, -0.2) is 24.8 Å². The first-order valence-corrected chi connectivity index (χ1v) is 7.50. The van der Waals surface area contributed by atoms with Crippen LogP contribution >= 0.6 is 0 Å². The van der Waals surface area contributed by atoms with E-state index in [1.165, 1.54) is 19.3 Å². The smallest absolute Gasteiger partial charge is 0.412 e. The standard InChI is InChI=1S/C16H25N3O2/c1-16(2,3)21-15(20)18-12-7-8-13(17)14(11-12)19-9-5-4-6-10-19/h7-8,11H,4-6,9-10,17H2,1-3H3,(H,18,20). The summed E-state index contributed by atoms with van der Waals surface area (Å²) in [6.07, 6.45) is 3.19. The zero-order valence-electron chi connectivity index (χ0n) is 13.1. The summed E-state index contributed by atoms with van der Waals surface area (Å²) in [5.74, 6) is 0. The fourth-order valence-electron chi connectivity index (χ4n) is 2.45. The Morgan fingerprint density at radius 1 is 1.24 bits per heavy atom. The molecule has 5 nitrogen and oxygen atoms in total. The molecule has 0 unspecified atom stereocenters. The monoisotopic (exact) mass is 291 g/mol. The molecule has 1 heterocycles. The molecule has 1 aliphatic heterocycles. The van der Waals surface area contributed by atoms with Gasteiger partial charge in [-0.25, -0.2) is 4.79 Å². The minimum Gasteiger partial charge on any atom is -0.444 e. The number of ether oxygens (including phenoxy) is 1. The summed E-state index contributed by atoms with van der Waals surface area (Å²) >= 11 is 0. The van der Waals surface area contributed by atoms with Crippen molar-refractivity contribution in [1.82, 2.24) is 0 Å². The molecule has 0 atom stereocenters. The first kappa shape index (κ1) is 15.5. The van der Waals surface area contributed by atoms with Gasteiger partial charge in [-0.15, -0.1) is 0 Å². The van der Waals surface area contributed by atoms with E-state index in [9.17, 15) is 4.79 Å². The van der Waals surface area contributed by atoms with Gasteiger partial charge in [0.15, 0.2) is 0 Å². The number of nitrogens with one attached hydrogen (secondary N) is 1. The molecule has 1 fully saturated rings. The summed E-state index contributed by atoms with van der Waals surface area (Å²) in [5, 5.41) is 2.76. The number of nitrogens with zero attached hydrogens (tertiary/aromatic N) is 1. The Kier molecular flexibility index (Phi) is 4.60. The van der Waals surface area contributed by atoms with Gasteiger partial charge in [-0.3, -0.25) is 5.32 Å². The van der Waals surface area contributed by atoms with Crippen molar-refractivity contribution in [1.29, 1.82) is 0 Å². The van der Waals surface area contributed by atoms with E-state index in [0.29, 0.717) is 5.69 Å². The van der Waals surface area contributed by atoms with Crippen molar-refractivity contribution in [2.75, 3.05) is 29.0 Å². The first-order chi connectivity index (χ1) is 9.85. The Morgan fingerprint density at radius 2 is 1.90 bits per heavy atom. The number of benzene rings is 1. The van der Waals surface area contributed by atoms with Crippen LogP contribution < -0.4 is 16.0 Å². The number of amides is 1. The van der Waals surface area contributed by atoms with E-state index < -0.39 is 11.7 Å². The molecule has 1 saturated heterocycles. The van der Waals surface area contributed by atoms with E-state index in [-0.39, 0.29) is 0 Å². The van der Waals surface area contributed by atoms with Crippen molar-refractivity contribution in [3.05, 3.63) is 18.2 Å². The normalized spacial score (nSPS) is 15.7. The zero-order valence-corrected chi connectivity index (χ0v) is 13.1. The fourth-order valence-corrected chi connectivity index (χ4v) is 2.45. The molecule has 1 aromatic rings. The van der Waals surface area contributed by atoms with Gasteiger partial charge in [-0.1, -0.05) is 0 Å². The molecule has 0 spiro atoms. The van der Waals surface area contributed by atoms with Crippen LogP contribution in [-0.2, 0) is 4.74 Å². The van der Waals surface area contributed by atoms with Gasteiger partial charge >= 0.3 is 6.09 Å². The van der Waals surface area contributed by atoms with E-state index in [4.69, 9.17) is 10.5 Å². The predicted molar refractivity (Wildman–Crippen MR) is 86.8 cm³/mol. The van der Waals surface area contributed by atoms with Crippen LogP contribution in [0.5, 0.6) is 0 Å². The largest absolute Gasteiger partial charge is 0.444 e. The third kappa shape index (κ3) is 4.55. The van der Waals surface area contributed by atoms with E-state index in [2.05, 4.69) is 10.2 Å². The van der Waals surface area contributed by atoms with Crippen molar-refractivity contribution in [2.45, 2.75) is 45.6 Å². The van der Waals surface area contributed by atoms with E-state index in [1.54, 1.807) is 6.07 Å². The van der Waals surface area contributed by atoms with Gasteiger partial charge in [-0.05, 0) is 58.2 Å². The molecule has 1 aromatic carbocycles.